The van der Waals surface area contributed by atoms with Crippen LogP contribution in [0.1, 0.15) is 33.3 Å². The largest absolute Gasteiger partial charge is 0.491 e. The van der Waals surface area contributed by atoms with Gasteiger partial charge in [0.25, 0.3) is 0 Å². The lowest BCUT2D eigenvalue weighted by atomic mass is 9.78. The molecule has 0 fully saturated rings. The van der Waals surface area contributed by atoms with Crippen LogP contribution in [-0.2, 0) is 4.74 Å². The van der Waals surface area contributed by atoms with Crippen LogP contribution in [0.2, 0.25) is 0 Å². The van der Waals surface area contributed by atoms with Gasteiger partial charge in [0, 0.05) is 7.11 Å². The lowest BCUT2D eigenvalue weighted by Gasteiger charge is -2.31. The van der Waals surface area contributed by atoms with Gasteiger partial charge in [0.05, 0.1) is 17.6 Å². The van der Waals surface area contributed by atoms with Crippen molar-refractivity contribution in [2.45, 2.75) is 40.2 Å². The summed E-state index contributed by atoms with van der Waals surface area (Å²) >= 11 is 0. The van der Waals surface area contributed by atoms with Crippen molar-refractivity contribution in [1.29, 1.82) is 0 Å². The van der Waals surface area contributed by atoms with Crippen LogP contribution in [0.25, 0.3) is 0 Å². The third-order valence-corrected chi connectivity index (χ3v) is 3.21. The number of methoxy groups -OCH3 is 1. The molecular weight excluding hydrogens is 288 g/mol. The van der Waals surface area contributed by atoms with Crippen molar-refractivity contribution < 1.29 is 14.6 Å². The second-order valence-corrected chi connectivity index (χ2v) is 5.69. The van der Waals surface area contributed by atoms with Crippen molar-refractivity contribution in [2.75, 3.05) is 20.3 Å². The standard InChI is InChI=1S/C10H14O2.C8H13O.C2H5/c1-9-4-3-5-10(8-9)12-7-6-11-2;1-6-7(2,3)8(4,5)9;1-2/h3-5,8H,6-7H2,1-2H3;1,9H,2H2,3-5H3;1H2,2H3. The molecule has 1 aromatic carbocycles. The summed E-state index contributed by atoms with van der Waals surface area (Å²) < 4.78 is 10.3. The zero-order chi connectivity index (χ0) is 18.5. The first kappa shape index (κ1) is 23.8. The molecule has 0 aromatic heterocycles. The van der Waals surface area contributed by atoms with Gasteiger partial charge in [-0.2, -0.15) is 0 Å². The summed E-state index contributed by atoms with van der Waals surface area (Å²) in [6, 6.07) is 7.99. The summed E-state index contributed by atoms with van der Waals surface area (Å²) in [5.41, 5.74) is -0.376. The Kier molecular flexibility index (Phi) is 12.4. The summed E-state index contributed by atoms with van der Waals surface area (Å²) in [4.78, 5) is 0. The van der Waals surface area contributed by atoms with Crippen LogP contribution in [0.5, 0.6) is 5.75 Å². The number of aliphatic hydroxyl groups is 1. The molecule has 130 valence electrons. The molecule has 0 saturated carbocycles. The van der Waals surface area contributed by atoms with Crippen molar-refractivity contribution in [1.82, 2.24) is 0 Å². The van der Waals surface area contributed by atoms with Gasteiger partial charge >= 0.3 is 0 Å². The van der Waals surface area contributed by atoms with Crippen molar-refractivity contribution in [3.63, 3.8) is 0 Å². The number of benzene rings is 1. The molecule has 1 unspecified atom stereocenters. The first-order valence-electron chi connectivity index (χ1n) is 7.58. The second kappa shape index (κ2) is 12.0. The number of ether oxygens (including phenoxy) is 2. The van der Waals surface area contributed by atoms with Gasteiger partial charge in [-0.3, -0.25) is 0 Å². The third kappa shape index (κ3) is 10.8. The van der Waals surface area contributed by atoms with Crippen LogP contribution < -0.4 is 4.74 Å². The highest BCUT2D eigenvalue weighted by atomic mass is 16.5. The highest BCUT2D eigenvalue weighted by molar-refractivity contribution is 5.27. The predicted molar refractivity (Wildman–Crippen MR) is 98.2 cm³/mol. The SMILES string of the molecule is C#CC([CH2])(C)C(C)(C)O.COCCOc1cccc(C)c1.[CH2]C. The van der Waals surface area contributed by atoms with E-state index in [1.165, 1.54) is 5.56 Å². The second-order valence-electron chi connectivity index (χ2n) is 5.69. The van der Waals surface area contributed by atoms with Crippen LogP contribution >= 0.6 is 0 Å². The Labute approximate surface area is 143 Å². The molecule has 3 nitrogen and oxygen atoms in total. The molecule has 0 spiro atoms. The summed E-state index contributed by atoms with van der Waals surface area (Å²) in [6.07, 6.45) is 5.12. The highest BCUT2D eigenvalue weighted by Crippen LogP contribution is 2.28. The molecule has 0 aliphatic rings. The molecule has 1 aromatic rings. The van der Waals surface area contributed by atoms with Gasteiger partial charge in [-0.15, -0.1) is 6.42 Å². The molecule has 0 saturated heterocycles. The van der Waals surface area contributed by atoms with Gasteiger partial charge in [0.15, 0.2) is 0 Å². The van der Waals surface area contributed by atoms with E-state index in [0.29, 0.717) is 13.2 Å². The van der Waals surface area contributed by atoms with Gasteiger partial charge in [-0.05, 0) is 52.3 Å². The van der Waals surface area contributed by atoms with E-state index in [0.717, 1.165) is 5.75 Å². The van der Waals surface area contributed by atoms with Crippen LogP contribution in [0.3, 0.4) is 0 Å². The van der Waals surface area contributed by atoms with Gasteiger partial charge < -0.3 is 14.6 Å². The third-order valence-electron chi connectivity index (χ3n) is 3.21. The molecule has 2 radical (unpaired) electrons. The lowest BCUT2D eigenvalue weighted by Crippen LogP contribution is -2.37. The smallest absolute Gasteiger partial charge is 0.119 e. The van der Waals surface area contributed by atoms with E-state index >= 15 is 0 Å². The molecule has 0 heterocycles. The minimum Gasteiger partial charge on any atom is -0.491 e. The monoisotopic (exact) mass is 320 g/mol. The first-order chi connectivity index (χ1) is 10.6. The van der Waals surface area contributed by atoms with Crippen LogP contribution in [-0.4, -0.2) is 31.0 Å². The van der Waals surface area contributed by atoms with E-state index < -0.39 is 11.0 Å². The Morgan fingerprint density at radius 3 is 2.13 bits per heavy atom. The minimum atomic E-state index is -0.901. The number of aryl methyl sites for hydroxylation is 1. The Morgan fingerprint density at radius 2 is 1.78 bits per heavy atom. The number of hydrogen-bond donors (Lipinski definition) is 1. The summed E-state index contributed by atoms with van der Waals surface area (Å²) in [6.45, 7) is 17.0. The van der Waals surface area contributed by atoms with E-state index in [1.807, 2.05) is 31.2 Å². The van der Waals surface area contributed by atoms with E-state index in [2.05, 4.69) is 19.8 Å². The molecule has 0 aliphatic carbocycles. The average Bonchev–Trinajstić information content (AvgIpc) is 2.49. The molecule has 1 N–H and O–H groups in total. The summed E-state index contributed by atoms with van der Waals surface area (Å²) in [7, 11) is 1.67. The maximum Gasteiger partial charge on any atom is 0.119 e. The van der Waals surface area contributed by atoms with Gasteiger partial charge in [-0.25, -0.2) is 0 Å². The zero-order valence-corrected chi connectivity index (χ0v) is 15.5. The average molecular weight is 320 g/mol. The quantitative estimate of drug-likeness (QED) is 0.656. The normalized spacial score (nSPS) is 10.4. The Balaban J connectivity index is 0. The van der Waals surface area contributed by atoms with Gasteiger partial charge in [-0.1, -0.05) is 31.9 Å². The van der Waals surface area contributed by atoms with Gasteiger partial charge in [0.2, 0.25) is 0 Å². The fraction of sp³-hybridized carbons (Fsp3) is 0.500. The van der Waals surface area contributed by atoms with E-state index in [9.17, 15) is 5.11 Å². The van der Waals surface area contributed by atoms with Crippen molar-refractivity contribution in [2.24, 2.45) is 5.41 Å². The van der Waals surface area contributed by atoms with E-state index in [1.54, 1.807) is 34.8 Å². The Hall–Kier alpha value is -1.50. The Morgan fingerprint density at radius 1 is 1.22 bits per heavy atom. The fourth-order valence-electron chi connectivity index (χ4n) is 1.12. The number of hydrogen-bond acceptors (Lipinski definition) is 3. The zero-order valence-electron chi connectivity index (χ0n) is 15.5. The van der Waals surface area contributed by atoms with E-state index in [-0.39, 0.29) is 0 Å². The minimum absolute atomic E-state index is 0.611. The first-order valence-corrected chi connectivity index (χ1v) is 7.58. The molecule has 1 rings (SSSR count). The van der Waals surface area contributed by atoms with Crippen molar-refractivity contribution in [3.8, 4) is 18.1 Å². The van der Waals surface area contributed by atoms with Crippen LogP contribution in [0.4, 0.5) is 0 Å². The molecule has 23 heavy (non-hydrogen) atoms. The molecule has 0 amide bonds. The maximum absolute atomic E-state index is 9.34. The molecular formula is C20H32O3. The topological polar surface area (TPSA) is 38.7 Å². The Bertz CT molecular complexity index is 451. The molecule has 0 bridgehead atoms. The van der Waals surface area contributed by atoms with E-state index in [4.69, 9.17) is 15.9 Å². The number of rotatable bonds is 5. The summed E-state index contributed by atoms with van der Waals surface area (Å²) in [5.74, 6) is 3.33. The lowest BCUT2D eigenvalue weighted by molar-refractivity contribution is 0.0111. The van der Waals surface area contributed by atoms with Crippen LogP contribution in [0.15, 0.2) is 24.3 Å². The predicted octanol–water partition coefficient (Wildman–Crippen LogP) is 4.09. The molecule has 3 heteroatoms. The van der Waals surface area contributed by atoms with Crippen molar-refractivity contribution in [3.05, 3.63) is 43.7 Å². The number of terminal acetylenes is 1. The highest BCUT2D eigenvalue weighted by Gasteiger charge is 2.32. The summed E-state index contributed by atoms with van der Waals surface area (Å²) in [5, 5.41) is 9.34. The maximum atomic E-state index is 9.34. The molecule has 1 atom stereocenters. The fourth-order valence-corrected chi connectivity index (χ4v) is 1.12. The van der Waals surface area contributed by atoms with Crippen molar-refractivity contribution >= 4 is 0 Å². The van der Waals surface area contributed by atoms with Crippen LogP contribution in [0, 0.1) is 38.5 Å². The molecule has 0 aliphatic heterocycles. The van der Waals surface area contributed by atoms with Gasteiger partial charge in [0.1, 0.15) is 12.4 Å².